The second-order valence-corrected chi connectivity index (χ2v) is 9.40. The molecule has 2 unspecified atom stereocenters. The van der Waals surface area contributed by atoms with Crippen molar-refractivity contribution in [3.05, 3.63) is 94.8 Å². The van der Waals surface area contributed by atoms with Gasteiger partial charge in [-0.05, 0) is 60.4 Å². The fourth-order valence-corrected chi connectivity index (χ4v) is 4.53. The fourth-order valence-electron chi connectivity index (χ4n) is 4.40. The van der Waals surface area contributed by atoms with Gasteiger partial charge in [0.15, 0.2) is 5.82 Å². The summed E-state index contributed by atoms with van der Waals surface area (Å²) in [4.78, 5) is 9.66. The van der Waals surface area contributed by atoms with E-state index in [1.165, 1.54) is 12.8 Å². The van der Waals surface area contributed by atoms with Crippen LogP contribution in [-0.2, 0) is 6.61 Å². The zero-order valence-corrected chi connectivity index (χ0v) is 20.3. The Balaban J connectivity index is 1.46. The SMILES string of the molecule is NC1CCCCC1Nc1nc(/C=C\c2ccc(Cl)cc2)nc2ccc(OCc3ccccc3)cc12. The number of nitrogens with zero attached hydrogens (tertiary/aromatic N) is 2. The number of anilines is 1. The van der Waals surface area contributed by atoms with E-state index in [2.05, 4.69) is 17.4 Å². The molecule has 178 valence electrons. The maximum atomic E-state index is 6.44. The second-order valence-electron chi connectivity index (χ2n) is 8.97. The molecule has 0 radical (unpaired) electrons. The Bertz CT molecular complexity index is 1310. The molecule has 1 aliphatic rings. The molecule has 0 spiro atoms. The van der Waals surface area contributed by atoms with Crippen LogP contribution >= 0.6 is 11.6 Å². The molecule has 35 heavy (non-hydrogen) atoms. The summed E-state index contributed by atoms with van der Waals surface area (Å²) in [6.07, 6.45) is 8.32. The maximum absolute atomic E-state index is 6.44. The highest BCUT2D eigenvalue weighted by atomic mass is 35.5. The number of nitrogens with one attached hydrogen (secondary N) is 1. The topological polar surface area (TPSA) is 73.1 Å². The molecule has 1 aliphatic carbocycles. The Labute approximate surface area is 211 Å². The number of hydrogen-bond acceptors (Lipinski definition) is 5. The van der Waals surface area contributed by atoms with E-state index in [1.807, 2.05) is 72.8 Å². The molecule has 0 bridgehead atoms. The molecule has 3 N–H and O–H groups in total. The van der Waals surface area contributed by atoms with Crippen molar-refractivity contribution in [3.63, 3.8) is 0 Å². The summed E-state index contributed by atoms with van der Waals surface area (Å²) in [6.45, 7) is 0.505. The summed E-state index contributed by atoms with van der Waals surface area (Å²) in [7, 11) is 0. The molecule has 6 heteroatoms. The molecule has 0 saturated heterocycles. The van der Waals surface area contributed by atoms with Gasteiger partial charge in [-0.1, -0.05) is 73.0 Å². The predicted molar refractivity (Wildman–Crippen MR) is 145 cm³/mol. The van der Waals surface area contributed by atoms with E-state index >= 15 is 0 Å². The molecular formula is C29H29ClN4O. The van der Waals surface area contributed by atoms with Crippen LogP contribution in [-0.4, -0.2) is 22.1 Å². The molecule has 0 amide bonds. The van der Waals surface area contributed by atoms with E-state index < -0.39 is 0 Å². The van der Waals surface area contributed by atoms with Crippen LogP contribution < -0.4 is 15.8 Å². The third kappa shape index (κ3) is 5.99. The monoisotopic (exact) mass is 484 g/mol. The van der Waals surface area contributed by atoms with Crippen LogP contribution in [0.4, 0.5) is 5.82 Å². The number of halogens is 1. The van der Waals surface area contributed by atoms with Gasteiger partial charge in [0.05, 0.1) is 5.52 Å². The molecule has 1 fully saturated rings. The maximum Gasteiger partial charge on any atom is 0.154 e. The van der Waals surface area contributed by atoms with E-state index in [9.17, 15) is 0 Å². The zero-order chi connectivity index (χ0) is 24.0. The summed E-state index contributed by atoms with van der Waals surface area (Å²) in [5.41, 5.74) is 9.46. The Kier molecular flexibility index (Phi) is 7.26. The van der Waals surface area contributed by atoms with E-state index in [1.54, 1.807) is 0 Å². The molecule has 1 saturated carbocycles. The van der Waals surface area contributed by atoms with E-state index in [4.69, 9.17) is 32.0 Å². The lowest BCUT2D eigenvalue weighted by Gasteiger charge is -2.30. The molecule has 2 atom stereocenters. The summed E-state index contributed by atoms with van der Waals surface area (Å²) >= 11 is 6.01. The molecule has 3 aromatic carbocycles. The first-order valence-corrected chi connectivity index (χ1v) is 12.5. The molecule has 4 aromatic rings. The van der Waals surface area contributed by atoms with E-state index in [0.29, 0.717) is 17.5 Å². The van der Waals surface area contributed by atoms with Gasteiger partial charge in [0.1, 0.15) is 18.2 Å². The average molecular weight is 485 g/mol. The van der Waals surface area contributed by atoms with Gasteiger partial charge in [-0.25, -0.2) is 9.97 Å². The number of benzene rings is 3. The molecule has 1 aromatic heterocycles. The number of aromatic nitrogens is 2. The number of ether oxygens (including phenoxy) is 1. The van der Waals surface area contributed by atoms with Gasteiger partial charge in [-0.15, -0.1) is 0 Å². The zero-order valence-electron chi connectivity index (χ0n) is 19.5. The summed E-state index contributed by atoms with van der Waals surface area (Å²) < 4.78 is 6.08. The molecular weight excluding hydrogens is 456 g/mol. The van der Waals surface area contributed by atoms with Crippen molar-refractivity contribution in [3.8, 4) is 5.75 Å². The van der Waals surface area contributed by atoms with Gasteiger partial charge in [-0.2, -0.15) is 0 Å². The fraction of sp³-hybridized carbons (Fsp3) is 0.241. The van der Waals surface area contributed by atoms with Crippen LogP contribution in [0.15, 0.2) is 72.8 Å². The standard InChI is InChI=1S/C29H29ClN4O/c30-22-13-10-20(11-14-22)12-17-28-32-26-16-15-23(35-19-21-6-2-1-3-7-21)18-24(26)29(34-28)33-27-9-5-4-8-25(27)31/h1-3,6-7,10-18,25,27H,4-5,8-9,19,31H2,(H,32,33,34)/b17-12-. The van der Waals surface area contributed by atoms with Crippen molar-refractivity contribution in [1.82, 2.24) is 9.97 Å². The number of rotatable bonds is 7. The van der Waals surface area contributed by atoms with Crippen molar-refractivity contribution in [2.75, 3.05) is 5.32 Å². The van der Waals surface area contributed by atoms with Crippen LogP contribution in [0.3, 0.4) is 0 Å². The Morgan fingerprint density at radius 2 is 1.74 bits per heavy atom. The van der Waals surface area contributed by atoms with Gasteiger partial charge < -0.3 is 15.8 Å². The molecule has 0 aliphatic heterocycles. The van der Waals surface area contributed by atoms with Crippen LogP contribution in [0.5, 0.6) is 5.75 Å². The lowest BCUT2D eigenvalue weighted by atomic mass is 9.91. The smallest absolute Gasteiger partial charge is 0.154 e. The largest absolute Gasteiger partial charge is 0.489 e. The summed E-state index contributed by atoms with van der Waals surface area (Å²) in [5, 5.41) is 5.28. The van der Waals surface area contributed by atoms with Crippen LogP contribution in [0.25, 0.3) is 23.1 Å². The lowest BCUT2D eigenvalue weighted by molar-refractivity contribution is 0.306. The van der Waals surface area contributed by atoms with Gasteiger partial charge in [0.2, 0.25) is 0 Å². The first-order valence-electron chi connectivity index (χ1n) is 12.1. The highest BCUT2D eigenvalue weighted by Crippen LogP contribution is 2.29. The average Bonchev–Trinajstić information content (AvgIpc) is 2.89. The number of hydrogen-bond donors (Lipinski definition) is 2. The van der Waals surface area contributed by atoms with Gasteiger partial charge in [0.25, 0.3) is 0 Å². The first kappa shape index (κ1) is 23.3. The normalized spacial score (nSPS) is 18.1. The number of fused-ring (bicyclic) bond motifs is 1. The van der Waals surface area contributed by atoms with E-state index in [-0.39, 0.29) is 12.1 Å². The quantitative estimate of drug-likeness (QED) is 0.305. The highest BCUT2D eigenvalue weighted by Gasteiger charge is 2.23. The first-order chi connectivity index (χ1) is 17.1. The van der Waals surface area contributed by atoms with Crippen LogP contribution in [0.1, 0.15) is 42.6 Å². The van der Waals surface area contributed by atoms with Crippen molar-refractivity contribution < 1.29 is 4.74 Å². The minimum Gasteiger partial charge on any atom is -0.489 e. The minimum atomic E-state index is 0.110. The van der Waals surface area contributed by atoms with Crippen molar-refractivity contribution >= 4 is 40.5 Å². The molecule has 5 nitrogen and oxygen atoms in total. The van der Waals surface area contributed by atoms with Crippen molar-refractivity contribution in [2.45, 2.75) is 44.4 Å². The van der Waals surface area contributed by atoms with Crippen molar-refractivity contribution in [2.24, 2.45) is 5.73 Å². The van der Waals surface area contributed by atoms with E-state index in [0.717, 1.165) is 46.4 Å². The second kappa shape index (κ2) is 10.9. The van der Waals surface area contributed by atoms with Gasteiger partial charge in [-0.3, -0.25) is 0 Å². The number of nitrogens with two attached hydrogens (primary N) is 1. The Morgan fingerprint density at radius 1 is 0.943 bits per heavy atom. The summed E-state index contributed by atoms with van der Waals surface area (Å²) in [5.74, 6) is 2.21. The van der Waals surface area contributed by atoms with Crippen LogP contribution in [0, 0.1) is 0 Å². The van der Waals surface area contributed by atoms with Gasteiger partial charge in [0, 0.05) is 22.5 Å². The Hall–Kier alpha value is -3.41. The molecule has 1 heterocycles. The van der Waals surface area contributed by atoms with Gasteiger partial charge >= 0.3 is 0 Å². The lowest BCUT2D eigenvalue weighted by Crippen LogP contribution is -2.42. The Morgan fingerprint density at radius 3 is 2.54 bits per heavy atom. The minimum absolute atomic E-state index is 0.110. The van der Waals surface area contributed by atoms with Crippen molar-refractivity contribution in [1.29, 1.82) is 0 Å². The van der Waals surface area contributed by atoms with Crippen LogP contribution in [0.2, 0.25) is 5.02 Å². The predicted octanol–water partition coefficient (Wildman–Crippen LogP) is 6.71. The molecule has 5 rings (SSSR count). The highest BCUT2D eigenvalue weighted by molar-refractivity contribution is 6.30. The third-order valence-electron chi connectivity index (χ3n) is 6.37. The summed E-state index contributed by atoms with van der Waals surface area (Å²) in [6, 6.07) is 24.1. The third-order valence-corrected chi connectivity index (χ3v) is 6.62.